The Hall–Kier alpha value is 0.430. The highest BCUT2D eigenvalue weighted by molar-refractivity contribution is 14.1. The number of alkyl halides is 1. The molecule has 12 heavy (non-hydrogen) atoms. The predicted molar refractivity (Wildman–Crippen MR) is 62.9 cm³/mol. The summed E-state index contributed by atoms with van der Waals surface area (Å²) in [4.78, 5) is 2.54. The van der Waals surface area contributed by atoms with Gasteiger partial charge in [-0.05, 0) is 33.2 Å². The van der Waals surface area contributed by atoms with Gasteiger partial charge in [-0.1, -0.05) is 34.7 Å². The summed E-state index contributed by atoms with van der Waals surface area (Å²) >= 11 is 2.43. The van der Waals surface area contributed by atoms with Crippen LogP contribution in [0.1, 0.15) is 26.7 Å². The summed E-state index contributed by atoms with van der Waals surface area (Å²) in [7, 11) is 0. The van der Waals surface area contributed by atoms with Crippen molar-refractivity contribution in [3.05, 3.63) is 12.2 Å². The second kappa shape index (κ2) is 5.22. The Labute approximate surface area is 89.3 Å². The third-order valence-electron chi connectivity index (χ3n) is 2.44. The largest absolute Gasteiger partial charge is 0.300 e. The molecule has 1 saturated heterocycles. The van der Waals surface area contributed by atoms with Gasteiger partial charge >= 0.3 is 0 Å². The molecule has 1 fully saturated rings. The van der Waals surface area contributed by atoms with E-state index in [0.717, 1.165) is 6.04 Å². The zero-order valence-corrected chi connectivity index (χ0v) is 10.1. The zero-order valence-electron chi connectivity index (χ0n) is 7.96. The quantitative estimate of drug-likeness (QED) is 0.434. The van der Waals surface area contributed by atoms with Crippen molar-refractivity contribution < 1.29 is 0 Å². The highest BCUT2D eigenvalue weighted by atomic mass is 127. The molecule has 0 aromatic carbocycles. The van der Waals surface area contributed by atoms with Gasteiger partial charge in [-0.15, -0.1) is 0 Å². The van der Waals surface area contributed by atoms with E-state index in [1.807, 2.05) is 0 Å². The van der Waals surface area contributed by atoms with E-state index >= 15 is 0 Å². The highest BCUT2D eigenvalue weighted by Gasteiger charge is 2.21. The Bertz CT molecular complexity index is 154. The summed E-state index contributed by atoms with van der Waals surface area (Å²) in [5.41, 5.74) is 0. The molecule has 1 nitrogen and oxygen atoms in total. The molecule has 1 unspecified atom stereocenters. The van der Waals surface area contributed by atoms with Crippen molar-refractivity contribution in [1.82, 2.24) is 4.90 Å². The van der Waals surface area contributed by atoms with Gasteiger partial charge in [0.15, 0.2) is 0 Å². The van der Waals surface area contributed by atoms with Crippen molar-refractivity contribution >= 4 is 22.6 Å². The first kappa shape index (κ1) is 10.5. The fraction of sp³-hybridized carbons (Fsp3) is 0.800. The van der Waals surface area contributed by atoms with Crippen LogP contribution in [0, 0.1) is 0 Å². The summed E-state index contributed by atoms with van der Waals surface area (Å²) in [6.45, 7) is 7.09. The van der Waals surface area contributed by atoms with Gasteiger partial charge in [0.05, 0.1) is 0 Å². The van der Waals surface area contributed by atoms with Crippen molar-refractivity contribution in [3.63, 3.8) is 0 Å². The van der Waals surface area contributed by atoms with Gasteiger partial charge in [-0.2, -0.15) is 0 Å². The van der Waals surface area contributed by atoms with Crippen molar-refractivity contribution in [3.8, 4) is 0 Å². The van der Waals surface area contributed by atoms with E-state index in [1.165, 1.54) is 25.9 Å². The Morgan fingerprint density at radius 1 is 1.67 bits per heavy atom. The zero-order chi connectivity index (χ0) is 8.97. The van der Waals surface area contributed by atoms with Crippen molar-refractivity contribution in [2.45, 2.75) is 36.7 Å². The molecule has 1 rings (SSSR count). The second-order valence-corrected chi connectivity index (χ2v) is 5.53. The first-order valence-electron chi connectivity index (χ1n) is 4.75. The topological polar surface area (TPSA) is 3.24 Å². The van der Waals surface area contributed by atoms with Crippen molar-refractivity contribution in [2.75, 3.05) is 13.1 Å². The minimum absolute atomic E-state index is 0.677. The van der Waals surface area contributed by atoms with E-state index in [0.29, 0.717) is 3.92 Å². The summed E-state index contributed by atoms with van der Waals surface area (Å²) in [5.74, 6) is 0. The molecule has 1 heterocycles. The SMILES string of the molecule is CC(I)/C=C/CCN1CC[C@H]1C. The molecule has 1 aliphatic rings. The van der Waals surface area contributed by atoms with Crippen molar-refractivity contribution in [1.29, 1.82) is 0 Å². The number of allylic oxidation sites excluding steroid dienone is 1. The summed E-state index contributed by atoms with van der Waals surface area (Å²) in [5, 5.41) is 0. The summed E-state index contributed by atoms with van der Waals surface area (Å²) in [6, 6.07) is 0.843. The molecule has 0 bridgehead atoms. The molecule has 70 valence electrons. The molecule has 2 heteroatoms. The van der Waals surface area contributed by atoms with Crippen LogP contribution in [-0.2, 0) is 0 Å². The maximum Gasteiger partial charge on any atom is 0.0261 e. The van der Waals surface area contributed by atoms with Gasteiger partial charge in [0, 0.05) is 16.5 Å². The number of hydrogen-bond donors (Lipinski definition) is 0. The maximum absolute atomic E-state index is 2.54. The normalized spacial score (nSPS) is 27.4. The number of hydrogen-bond acceptors (Lipinski definition) is 1. The van der Waals surface area contributed by atoms with E-state index in [9.17, 15) is 0 Å². The van der Waals surface area contributed by atoms with Crippen LogP contribution in [0.5, 0.6) is 0 Å². The van der Waals surface area contributed by atoms with Gasteiger partial charge in [0.25, 0.3) is 0 Å². The first-order chi connectivity index (χ1) is 5.70. The molecule has 0 N–H and O–H groups in total. The van der Waals surface area contributed by atoms with Crippen LogP contribution in [0.4, 0.5) is 0 Å². The van der Waals surface area contributed by atoms with Crippen molar-refractivity contribution in [2.24, 2.45) is 0 Å². The number of nitrogens with zero attached hydrogens (tertiary/aromatic N) is 1. The third kappa shape index (κ3) is 3.44. The van der Waals surface area contributed by atoms with Gasteiger partial charge in [0.1, 0.15) is 0 Å². The van der Waals surface area contributed by atoms with Gasteiger partial charge in [-0.3, -0.25) is 0 Å². The van der Waals surface area contributed by atoms with Crippen LogP contribution in [0.15, 0.2) is 12.2 Å². The minimum atomic E-state index is 0.677. The Balaban J connectivity index is 2.02. The molecule has 0 saturated carbocycles. The molecule has 0 spiro atoms. The molecule has 0 aromatic heterocycles. The van der Waals surface area contributed by atoms with Gasteiger partial charge in [0.2, 0.25) is 0 Å². The minimum Gasteiger partial charge on any atom is -0.300 e. The smallest absolute Gasteiger partial charge is 0.0261 e. The van der Waals surface area contributed by atoms with E-state index in [4.69, 9.17) is 0 Å². The van der Waals surface area contributed by atoms with Crippen LogP contribution in [0.25, 0.3) is 0 Å². The predicted octanol–water partition coefficient (Wildman–Crippen LogP) is 2.85. The first-order valence-corrected chi connectivity index (χ1v) is 5.99. The lowest BCUT2D eigenvalue weighted by Crippen LogP contribution is -2.45. The van der Waals surface area contributed by atoms with Crippen LogP contribution in [0.3, 0.4) is 0 Å². The average molecular weight is 279 g/mol. The van der Waals surface area contributed by atoms with Crippen LogP contribution in [0.2, 0.25) is 0 Å². The van der Waals surface area contributed by atoms with E-state index in [1.54, 1.807) is 0 Å². The van der Waals surface area contributed by atoms with E-state index < -0.39 is 0 Å². The average Bonchev–Trinajstić information content (AvgIpc) is 2.01. The molecule has 0 amide bonds. The van der Waals surface area contributed by atoms with E-state index in [-0.39, 0.29) is 0 Å². The second-order valence-electron chi connectivity index (χ2n) is 3.57. The molecule has 0 aromatic rings. The Kier molecular flexibility index (Phi) is 4.57. The molecular weight excluding hydrogens is 261 g/mol. The third-order valence-corrected chi connectivity index (χ3v) is 2.86. The molecule has 1 aliphatic heterocycles. The molecule has 0 aliphatic carbocycles. The summed E-state index contributed by atoms with van der Waals surface area (Å²) in [6.07, 6.45) is 7.21. The highest BCUT2D eigenvalue weighted by Crippen LogP contribution is 2.16. The standard InChI is InChI=1S/C10H18IN/c1-9(11)5-3-4-7-12-8-6-10(12)2/h3,5,9-10H,4,6-8H2,1-2H3/b5-3+/t9?,10-/m1/s1. The monoisotopic (exact) mass is 279 g/mol. The fourth-order valence-corrected chi connectivity index (χ4v) is 1.72. The molecule has 0 radical (unpaired) electrons. The maximum atomic E-state index is 2.54. The molecule has 2 atom stereocenters. The fourth-order valence-electron chi connectivity index (χ4n) is 1.43. The number of halogens is 1. The molecular formula is C10H18IN. The lowest BCUT2D eigenvalue weighted by molar-refractivity contribution is 0.107. The Morgan fingerprint density at radius 2 is 2.42 bits per heavy atom. The summed E-state index contributed by atoms with van der Waals surface area (Å²) < 4.78 is 0.677. The van der Waals surface area contributed by atoms with Gasteiger partial charge < -0.3 is 4.90 Å². The van der Waals surface area contributed by atoms with Crippen LogP contribution < -0.4 is 0 Å². The number of rotatable bonds is 4. The van der Waals surface area contributed by atoms with E-state index in [2.05, 4.69) is 53.5 Å². The lowest BCUT2D eigenvalue weighted by Gasteiger charge is -2.38. The Morgan fingerprint density at radius 3 is 2.83 bits per heavy atom. The number of likely N-dealkylation sites (tertiary alicyclic amines) is 1. The van der Waals surface area contributed by atoms with Gasteiger partial charge in [-0.25, -0.2) is 0 Å². The lowest BCUT2D eigenvalue weighted by atomic mass is 10.1. The van der Waals surface area contributed by atoms with Crippen LogP contribution >= 0.6 is 22.6 Å². The van der Waals surface area contributed by atoms with Crippen LogP contribution in [-0.4, -0.2) is 28.0 Å².